The average Bonchev–Trinajstić information content (AvgIpc) is 2.93. The number of aryl methyl sites for hydroxylation is 2. The van der Waals surface area contributed by atoms with E-state index in [9.17, 15) is 13.7 Å². The quantitative estimate of drug-likeness (QED) is 0.860. The lowest BCUT2D eigenvalue weighted by Crippen LogP contribution is -2.39. The van der Waals surface area contributed by atoms with Crippen LogP contribution in [0.3, 0.4) is 0 Å². The van der Waals surface area contributed by atoms with Crippen LogP contribution in [0.2, 0.25) is 0 Å². The van der Waals surface area contributed by atoms with Gasteiger partial charge in [0.15, 0.2) is 0 Å². The number of nitriles is 1. The van der Waals surface area contributed by atoms with Crippen LogP contribution in [0.25, 0.3) is 0 Å². The van der Waals surface area contributed by atoms with Crippen molar-refractivity contribution in [3.63, 3.8) is 0 Å². The minimum atomic E-state index is -3.62. The summed E-state index contributed by atoms with van der Waals surface area (Å²) in [7, 11) is -3.62. The van der Waals surface area contributed by atoms with E-state index >= 15 is 0 Å². The summed E-state index contributed by atoms with van der Waals surface area (Å²) < 4.78 is 29.5. The van der Waals surface area contributed by atoms with Gasteiger partial charge in [0.1, 0.15) is 6.07 Å². The minimum Gasteiger partial charge on any atom is -0.346 e. The van der Waals surface area contributed by atoms with Gasteiger partial charge in [-0.15, -0.1) is 0 Å². The summed E-state index contributed by atoms with van der Waals surface area (Å²) in [5.74, 6) is 0. The molecule has 2 aromatic rings. The Morgan fingerprint density at radius 2 is 1.62 bits per heavy atom. The summed E-state index contributed by atoms with van der Waals surface area (Å²) in [5.41, 5.74) is 2.63. The fourth-order valence-electron chi connectivity index (χ4n) is 3.52. The van der Waals surface area contributed by atoms with E-state index in [1.807, 2.05) is 6.07 Å². The molecule has 24 heavy (non-hydrogen) atoms. The van der Waals surface area contributed by atoms with Crippen molar-refractivity contribution in [2.24, 2.45) is 0 Å². The van der Waals surface area contributed by atoms with Crippen LogP contribution < -0.4 is 0 Å². The Morgan fingerprint density at radius 1 is 1.04 bits per heavy atom. The summed E-state index contributed by atoms with van der Waals surface area (Å²) in [5, 5.41) is 9.17. The lowest BCUT2D eigenvalue weighted by molar-refractivity contribution is 0.270. The third-order valence-corrected chi connectivity index (χ3v) is 6.70. The molecule has 1 aromatic carbocycles. The van der Waals surface area contributed by atoms with Gasteiger partial charge < -0.3 is 4.57 Å². The van der Waals surface area contributed by atoms with E-state index in [2.05, 4.69) is 30.5 Å². The van der Waals surface area contributed by atoms with Gasteiger partial charge >= 0.3 is 0 Å². The first-order chi connectivity index (χ1) is 11.4. The van der Waals surface area contributed by atoms with Crippen LogP contribution in [0.4, 0.5) is 0 Å². The van der Waals surface area contributed by atoms with Gasteiger partial charge in [-0.3, -0.25) is 0 Å². The Kier molecular flexibility index (Phi) is 4.48. The molecule has 0 N–H and O–H groups in total. The van der Waals surface area contributed by atoms with Gasteiger partial charge in [0.25, 0.3) is 0 Å². The lowest BCUT2D eigenvalue weighted by atomic mass is 10.1. The molecule has 1 aliphatic heterocycles. The number of piperidine rings is 1. The Balaban J connectivity index is 1.81. The van der Waals surface area contributed by atoms with Crippen LogP contribution in [0.1, 0.15) is 35.8 Å². The molecule has 1 fully saturated rings. The molecule has 0 spiro atoms. The largest absolute Gasteiger partial charge is 0.346 e. The van der Waals surface area contributed by atoms with Gasteiger partial charge in [-0.1, -0.05) is 12.1 Å². The molecule has 1 aliphatic rings. The van der Waals surface area contributed by atoms with Crippen molar-refractivity contribution in [3.8, 4) is 6.07 Å². The lowest BCUT2D eigenvalue weighted by Gasteiger charge is -2.33. The molecule has 1 saturated heterocycles. The molecular formula is C18H21N3O2S. The van der Waals surface area contributed by atoms with Gasteiger partial charge in [-0.05, 0) is 51.0 Å². The van der Waals surface area contributed by atoms with Gasteiger partial charge in [0.05, 0.1) is 10.5 Å². The van der Waals surface area contributed by atoms with Crippen LogP contribution in [0, 0.1) is 25.2 Å². The maximum Gasteiger partial charge on any atom is 0.244 e. The van der Waals surface area contributed by atoms with Crippen LogP contribution in [-0.4, -0.2) is 30.4 Å². The maximum atomic E-state index is 12.9. The van der Waals surface area contributed by atoms with Crippen molar-refractivity contribution >= 4 is 10.0 Å². The van der Waals surface area contributed by atoms with Gasteiger partial charge in [-0.25, -0.2) is 8.42 Å². The van der Waals surface area contributed by atoms with E-state index in [1.165, 1.54) is 21.8 Å². The van der Waals surface area contributed by atoms with E-state index in [0.29, 0.717) is 19.1 Å². The number of sulfonamides is 1. The first-order valence-electron chi connectivity index (χ1n) is 8.09. The second kappa shape index (κ2) is 6.42. The van der Waals surface area contributed by atoms with Crippen molar-refractivity contribution in [3.05, 3.63) is 53.3 Å². The summed E-state index contributed by atoms with van der Waals surface area (Å²) >= 11 is 0. The fourth-order valence-corrected chi connectivity index (χ4v) is 5.13. The average molecular weight is 343 g/mol. The van der Waals surface area contributed by atoms with Gasteiger partial charge in [-0.2, -0.15) is 9.57 Å². The molecule has 0 amide bonds. The number of hydrogen-bond acceptors (Lipinski definition) is 3. The summed E-state index contributed by atoms with van der Waals surface area (Å²) in [6, 6.07) is 12.9. The molecule has 0 bridgehead atoms. The fraction of sp³-hybridized carbons (Fsp3) is 0.389. The third kappa shape index (κ3) is 2.85. The topological polar surface area (TPSA) is 66.1 Å². The smallest absolute Gasteiger partial charge is 0.244 e. The highest BCUT2D eigenvalue weighted by Crippen LogP contribution is 2.30. The molecule has 5 nitrogen and oxygen atoms in total. The molecule has 3 rings (SSSR count). The Morgan fingerprint density at radius 3 is 2.21 bits per heavy atom. The molecule has 0 atom stereocenters. The van der Waals surface area contributed by atoms with Crippen LogP contribution in [-0.2, 0) is 10.0 Å². The number of aromatic nitrogens is 1. The zero-order chi connectivity index (χ0) is 17.3. The number of nitrogens with zero attached hydrogens (tertiary/aromatic N) is 3. The standard InChI is InChI=1S/C18H21N3O2S/c1-14-7-8-15(2)21(14)17-9-11-20(12-10-17)24(22,23)18-6-4-3-5-16(18)13-19/h3-8,17H,9-12H2,1-2H3. The first-order valence-corrected chi connectivity index (χ1v) is 9.53. The predicted octanol–water partition coefficient (Wildman–Crippen LogP) is 3.00. The van der Waals surface area contributed by atoms with E-state index in [1.54, 1.807) is 18.2 Å². The molecule has 0 saturated carbocycles. The Bertz CT molecular complexity index is 866. The minimum absolute atomic E-state index is 0.110. The van der Waals surface area contributed by atoms with Crippen LogP contribution in [0.5, 0.6) is 0 Å². The second-order valence-electron chi connectivity index (χ2n) is 6.23. The Labute approximate surface area is 143 Å². The molecule has 0 radical (unpaired) electrons. The summed E-state index contributed by atoms with van der Waals surface area (Å²) in [4.78, 5) is 0.110. The SMILES string of the molecule is Cc1ccc(C)n1C1CCN(S(=O)(=O)c2ccccc2C#N)CC1. The van der Waals surface area contributed by atoms with E-state index in [0.717, 1.165) is 12.8 Å². The molecule has 2 heterocycles. The van der Waals surface area contributed by atoms with Crippen molar-refractivity contribution in [2.75, 3.05) is 13.1 Å². The summed E-state index contributed by atoms with van der Waals surface area (Å²) in [6.07, 6.45) is 1.56. The zero-order valence-electron chi connectivity index (χ0n) is 13.9. The first kappa shape index (κ1) is 16.7. The molecular weight excluding hydrogens is 322 g/mol. The molecule has 0 unspecified atom stereocenters. The van der Waals surface area contributed by atoms with Crippen LogP contribution in [0.15, 0.2) is 41.3 Å². The van der Waals surface area contributed by atoms with E-state index in [-0.39, 0.29) is 10.5 Å². The number of hydrogen-bond donors (Lipinski definition) is 0. The highest BCUT2D eigenvalue weighted by molar-refractivity contribution is 7.89. The zero-order valence-corrected chi connectivity index (χ0v) is 14.8. The van der Waals surface area contributed by atoms with Crippen molar-refractivity contribution in [1.29, 1.82) is 5.26 Å². The highest BCUT2D eigenvalue weighted by Gasteiger charge is 2.31. The second-order valence-corrected chi connectivity index (χ2v) is 8.14. The number of rotatable bonds is 3. The molecule has 0 aliphatic carbocycles. The molecule has 1 aromatic heterocycles. The van der Waals surface area contributed by atoms with Crippen molar-refractivity contribution in [2.45, 2.75) is 37.6 Å². The van der Waals surface area contributed by atoms with Crippen LogP contribution >= 0.6 is 0 Å². The Hall–Kier alpha value is -2.10. The third-order valence-electron chi connectivity index (χ3n) is 4.74. The summed E-state index contributed by atoms with van der Waals surface area (Å²) in [6.45, 7) is 5.12. The number of benzene rings is 1. The molecule has 126 valence electrons. The van der Waals surface area contributed by atoms with E-state index < -0.39 is 10.0 Å². The monoisotopic (exact) mass is 343 g/mol. The predicted molar refractivity (Wildman–Crippen MR) is 92.1 cm³/mol. The highest BCUT2D eigenvalue weighted by atomic mass is 32.2. The van der Waals surface area contributed by atoms with Gasteiger partial charge in [0, 0.05) is 30.5 Å². The van der Waals surface area contributed by atoms with Gasteiger partial charge in [0.2, 0.25) is 10.0 Å². The molecule has 6 heteroatoms. The maximum absolute atomic E-state index is 12.9. The van der Waals surface area contributed by atoms with Crippen molar-refractivity contribution in [1.82, 2.24) is 8.87 Å². The van der Waals surface area contributed by atoms with E-state index in [4.69, 9.17) is 0 Å². The van der Waals surface area contributed by atoms with Crippen molar-refractivity contribution < 1.29 is 8.42 Å². The normalized spacial score (nSPS) is 16.9.